The Labute approximate surface area is 97.8 Å². The van der Waals surface area contributed by atoms with E-state index in [0.29, 0.717) is 0 Å². The Morgan fingerprint density at radius 1 is 1.44 bits per heavy atom. The average molecular weight is 267 g/mol. The van der Waals surface area contributed by atoms with E-state index in [0.717, 1.165) is 6.20 Å². The molecule has 0 unspecified atom stereocenters. The Hall–Kier alpha value is -2.11. The molecule has 0 aliphatic heterocycles. The number of halogens is 5. The molecule has 0 radical (unpaired) electrons. The van der Waals surface area contributed by atoms with Crippen LogP contribution in [0.15, 0.2) is 6.20 Å². The zero-order chi connectivity index (χ0) is 13.9. The van der Waals surface area contributed by atoms with Gasteiger partial charge in [-0.05, 0) is 5.56 Å². The second-order valence-electron chi connectivity index (χ2n) is 3.09. The van der Waals surface area contributed by atoms with Crippen molar-refractivity contribution in [2.45, 2.75) is 19.2 Å². The Balaban J connectivity index is 3.37. The molecule has 1 aromatic heterocycles. The molecule has 0 aromatic carbocycles. The highest BCUT2D eigenvalue weighted by Crippen LogP contribution is 2.38. The van der Waals surface area contributed by atoms with E-state index >= 15 is 0 Å². The van der Waals surface area contributed by atoms with Crippen LogP contribution in [0.5, 0.6) is 5.75 Å². The number of nitriles is 1. The number of pyridine rings is 1. The van der Waals surface area contributed by atoms with Crippen LogP contribution < -0.4 is 10.5 Å². The number of rotatable bonds is 3. The van der Waals surface area contributed by atoms with E-state index in [1.807, 2.05) is 0 Å². The fourth-order valence-electron chi connectivity index (χ4n) is 1.25. The zero-order valence-electron chi connectivity index (χ0n) is 8.63. The zero-order valence-corrected chi connectivity index (χ0v) is 8.63. The Morgan fingerprint density at radius 3 is 2.50 bits per heavy atom. The van der Waals surface area contributed by atoms with Gasteiger partial charge >= 0.3 is 6.36 Å². The monoisotopic (exact) mass is 267 g/mol. The van der Waals surface area contributed by atoms with Gasteiger partial charge in [0.15, 0.2) is 11.6 Å². The quantitative estimate of drug-likeness (QED) is 0.854. The van der Waals surface area contributed by atoms with Gasteiger partial charge in [-0.25, -0.2) is 13.8 Å². The molecule has 2 N–H and O–H groups in total. The van der Waals surface area contributed by atoms with Gasteiger partial charge in [-0.3, -0.25) is 0 Å². The predicted octanol–water partition coefficient (Wildman–Crippen LogP) is 2.57. The van der Waals surface area contributed by atoms with Crippen molar-refractivity contribution in [3.8, 4) is 11.8 Å². The van der Waals surface area contributed by atoms with E-state index in [4.69, 9.17) is 11.0 Å². The van der Waals surface area contributed by atoms with Crippen molar-refractivity contribution in [3.63, 3.8) is 0 Å². The molecular formula is C9H6F5N3O. The van der Waals surface area contributed by atoms with Crippen LogP contribution in [0, 0.1) is 11.3 Å². The van der Waals surface area contributed by atoms with Gasteiger partial charge in [0.2, 0.25) is 0 Å². The molecule has 9 heteroatoms. The summed E-state index contributed by atoms with van der Waals surface area (Å²) in [6.07, 6.45) is -8.15. The van der Waals surface area contributed by atoms with Crippen molar-refractivity contribution in [2.24, 2.45) is 0 Å². The van der Waals surface area contributed by atoms with Gasteiger partial charge in [-0.15, -0.1) is 13.2 Å². The summed E-state index contributed by atoms with van der Waals surface area (Å²) in [6, 6.07) is 1.54. The molecule has 0 amide bonds. The van der Waals surface area contributed by atoms with Crippen LogP contribution in [0.3, 0.4) is 0 Å². The molecule has 1 aromatic rings. The lowest BCUT2D eigenvalue weighted by Gasteiger charge is -2.16. The third kappa shape index (κ3) is 3.19. The molecule has 1 rings (SSSR count). The van der Waals surface area contributed by atoms with E-state index in [9.17, 15) is 22.0 Å². The number of nitrogens with two attached hydrogens (primary N) is 1. The molecule has 98 valence electrons. The van der Waals surface area contributed by atoms with Gasteiger partial charge in [0.25, 0.3) is 6.43 Å². The summed E-state index contributed by atoms with van der Waals surface area (Å²) in [5.41, 5.74) is 3.65. The van der Waals surface area contributed by atoms with Crippen molar-refractivity contribution in [1.29, 1.82) is 5.26 Å². The first-order chi connectivity index (χ1) is 8.26. The van der Waals surface area contributed by atoms with Crippen LogP contribution in [-0.4, -0.2) is 11.3 Å². The lowest BCUT2D eigenvalue weighted by atomic mass is 10.1. The van der Waals surface area contributed by atoms with Crippen molar-refractivity contribution < 1.29 is 26.7 Å². The molecule has 4 nitrogen and oxygen atoms in total. The van der Waals surface area contributed by atoms with Crippen LogP contribution >= 0.6 is 0 Å². The minimum absolute atomic E-state index is 0.360. The summed E-state index contributed by atoms with van der Waals surface area (Å²) >= 11 is 0. The third-order valence-electron chi connectivity index (χ3n) is 1.89. The number of nitrogens with zero attached hydrogens (tertiary/aromatic N) is 2. The maximum atomic E-state index is 12.7. The van der Waals surface area contributed by atoms with E-state index in [-0.39, 0.29) is 5.56 Å². The number of anilines is 1. The van der Waals surface area contributed by atoms with Crippen molar-refractivity contribution in [2.75, 3.05) is 5.73 Å². The summed E-state index contributed by atoms with van der Waals surface area (Å²) < 4.78 is 65.1. The third-order valence-corrected chi connectivity index (χ3v) is 1.89. The van der Waals surface area contributed by atoms with E-state index < -0.39 is 36.3 Å². The number of nitrogen functional groups attached to an aromatic ring is 1. The SMILES string of the molecule is N#CCc1cnc(N)c(OC(F)(F)F)c1C(F)F. The highest BCUT2D eigenvalue weighted by Gasteiger charge is 2.35. The van der Waals surface area contributed by atoms with Crippen molar-refractivity contribution >= 4 is 5.82 Å². The highest BCUT2D eigenvalue weighted by atomic mass is 19.4. The number of hydrogen-bond donors (Lipinski definition) is 1. The fourth-order valence-corrected chi connectivity index (χ4v) is 1.25. The van der Waals surface area contributed by atoms with Gasteiger partial charge in [0.1, 0.15) is 0 Å². The minimum atomic E-state index is -5.18. The number of hydrogen-bond acceptors (Lipinski definition) is 4. The smallest absolute Gasteiger partial charge is 0.401 e. The van der Waals surface area contributed by atoms with E-state index in [1.165, 1.54) is 6.07 Å². The molecule has 0 aliphatic carbocycles. The topological polar surface area (TPSA) is 71.9 Å². The maximum Gasteiger partial charge on any atom is 0.573 e. The summed E-state index contributed by atoms with van der Waals surface area (Å²) in [7, 11) is 0. The highest BCUT2D eigenvalue weighted by molar-refractivity contribution is 5.55. The largest absolute Gasteiger partial charge is 0.573 e. The van der Waals surface area contributed by atoms with Gasteiger partial charge in [-0.1, -0.05) is 0 Å². The van der Waals surface area contributed by atoms with E-state index in [1.54, 1.807) is 0 Å². The normalized spacial score (nSPS) is 11.4. The van der Waals surface area contributed by atoms with E-state index in [2.05, 4.69) is 9.72 Å². The molecule has 0 saturated heterocycles. The van der Waals surface area contributed by atoms with Gasteiger partial charge in [-0.2, -0.15) is 5.26 Å². The van der Waals surface area contributed by atoms with Crippen LogP contribution in [0.25, 0.3) is 0 Å². The lowest BCUT2D eigenvalue weighted by Crippen LogP contribution is -2.20. The van der Waals surface area contributed by atoms with Crippen molar-refractivity contribution in [3.05, 3.63) is 17.3 Å². The number of aromatic nitrogens is 1. The van der Waals surface area contributed by atoms with Crippen LogP contribution in [-0.2, 0) is 6.42 Å². The number of ether oxygens (including phenoxy) is 1. The number of alkyl halides is 5. The average Bonchev–Trinajstić information content (AvgIpc) is 2.21. The van der Waals surface area contributed by atoms with Crippen molar-refractivity contribution in [1.82, 2.24) is 4.98 Å². The minimum Gasteiger partial charge on any atom is -0.401 e. The first-order valence-electron chi connectivity index (χ1n) is 4.44. The molecule has 0 atom stereocenters. The predicted molar refractivity (Wildman–Crippen MR) is 49.6 cm³/mol. The summed E-state index contributed by atoms with van der Waals surface area (Å²) in [4.78, 5) is 3.29. The standard InChI is InChI=1S/C9H6F5N3O/c10-7(11)5-4(1-2-15)3-17-8(16)6(5)18-9(12,13)14/h3,7H,1H2,(H2,16,17). The molecule has 1 heterocycles. The van der Waals surface area contributed by atoms with Crippen LogP contribution in [0.2, 0.25) is 0 Å². The second-order valence-corrected chi connectivity index (χ2v) is 3.09. The Morgan fingerprint density at radius 2 is 2.06 bits per heavy atom. The summed E-state index contributed by atoms with van der Waals surface area (Å²) in [5.74, 6) is -2.07. The molecule has 0 spiro atoms. The fraction of sp³-hybridized carbons (Fsp3) is 0.333. The summed E-state index contributed by atoms with van der Waals surface area (Å²) in [6.45, 7) is 0. The maximum absolute atomic E-state index is 12.7. The Kier molecular flexibility index (Phi) is 3.90. The Bertz CT molecular complexity index is 480. The molecule has 0 aliphatic rings. The molecule has 0 bridgehead atoms. The second kappa shape index (κ2) is 5.03. The molecule has 18 heavy (non-hydrogen) atoms. The summed E-state index contributed by atoms with van der Waals surface area (Å²) in [5, 5.41) is 8.40. The van der Waals surface area contributed by atoms with Crippen LogP contribution in [0.1, 0.15) is 17.6 Å². The van der Waals surface area contributed by atoms with Gasteiger partial charge < -0.3 is 10.5 Å². The van der Waals surface area contributed by atoms with Gasteiger partial charge in [0.05, 0.1) is 18.1 Å². The van der Waals surface area contributed by atoms with Gasteiger partial charge in [0, 0.05) is 6.20 Å². The molecule has 0 fully saturated rings. The van der Waals surface area contributed by atoms with Crippen LogP contribution in [0.4, 0.5) is 27.8 Å². The molecular weight excluding hydrogens is 261 g/mol. The first-order valence-corrected chi connectivity index (χ1v) is 4.44. The lowest BCUT2D eigenvalue weighted by molar-refractivity contribution is -0.275. The molecule has 0 saturated carbocycles. The first kappa shape index (κ1) is 14.0.